The van der Waals surface area contributed by atoms with Crippen molar-refractivity contribution in [2.24, 2.45) is 4.99 Å². The van der Waals surface area contributed by atoms with Crippen molar-refractivity contribution < 1.29 is 8.95 Å². The van der Waals surface area contributed by atoms with Crippen molar-refractivity contribution in [1.29, 1.82) is 0 Å². The molecule has 142 valence electrons. The smallest absolute Gasteiger partial charge is 0.193 e. The number of hydrogen-bond donors (Lipinski definition) is 1. The lowest BCUT2D eigenvalue weighted by molar-refractivity contribution is 0.281. The molecular weight excluding hydrogens is 358 g/mol. The Kier molecular flexibility index (Phi) is 9.28. The summed E-state index contributed by atoms with van der Waals surface area (Å²) < 4.78 is 17.6. The summed E-state index contributed by atoms with van der Waals surface area (Å²) in [5.41, 5.74) is 0. The molecule has 0 radical (unpaired) electrons. The molecular formula is C18H30ClN3O2S. The van der Waals surface area contributed by atoms with Crippen molar-refractivity contribution in [2.75, 3.05) is 39.0 Å². The van der Waals surface area contributed by atoms with Crippen LogP contribution in [0.25, 0.3) is 0 Å². The minimum Gasteiger partial charge on any atom is -0.492 e. The summed E-state index contributed by atoms with van der Waals surface area (Å²) in [6.07, 6.45) is 0. The molecule has 0 amide bonds. The predicted octanol–water partition coefficient (Wildman–Crippen LogP) is 3.16. The Morgan fingerprint density at radius 3 is 2.72 bits per heavy atom. The maximum absolute atomic E-state index is 12.1. The van der Waals surface area contributed by atoms with Gasteiger partial charge in [-0.25, -0.2) is 0 Å². The fourth-order valence-electron chi connectivity index (χ4n) is 1.97. The van der Waals surface area contributed by atoms with Crippen molar-refractivity contribution in [3.63, 3.8) is 0 Å². The van der Waals surface area contributed by atoms with Crippen molar-refractivity contribution in [2.45, 2.75) is 32.4 Å². The average molecular weight is 388 g/mol. The van der Waals surface area contributed by atoms with Crippen LogP contribution in [0, 0.1) is 0 Å². The van der Waals surface area contributed by atoms with Crippen LogP contribution in [0.4, 0.5) is 0 Å². The summed E-state index contributed by atoms with van der Waals surface area (Å²) in [5, 5.41) is 3.91. The molecule has 1 rings (SSSR count). The molecule has 1 unspecified atom stereocenters. The number of halogens is 1. The standard InChI is InChI=1S/C18H30ClN3O2S/c1-6-20-17(21-10-13-25(23)18(2,3)4)22(5)11-12-24-16-9-7-8-15(19)14-16/h7-9,14H,6,10-13H2,1-5H3,(H,20,21). The molecule has 25 heavy (non-hydrogen) atoms. The molecule has 1 aromatic rings. The highest BCUT2D eigenvalue weighted by molar-refractivity contribution is 7.86. The molecule has 0 spiro atoms. The summed E-state index contributed by atoms with van der Waals surface area (Å²) >= 11 is 5.95. The zero-order chi connectivity index (χ0) is 18.9. The van der Waals surface area contributed by atoms with E-state index in [9.17, 15) is 4.21 Å². The Balaban J connectivity index is 2.50. The van der Waals surface area contributed by atoms with E-state index in [1.165, 1.54) is 0 Å². The van der Waals surface area contributed by atoms with E-state index in [1.807, 2.05) is 57.8 Å². The highest BCUT2D eigenvalue weighted by Crippen LogP contribution is 2.16. The summed E-state index contributed by atoms with van der Waals surface area (Å²) in [5.74, 6) is 2.11. The summed E-state index contributed by atoms with van der Waals surface area (Å²) in [6, 6.07) is 7.36. The Morgan fingerprint density at radius 2 is 2.12 bits per heavy atom. The lowest BCUT2D eigenvalue weighted by Gasteiger charge is -2.22. The Bertz CT molecular complexity index is 588. The molecule has 5 nitrogen and oxygen atoms in total. The number of nitrogens with one attached hydrogen (secondary N) is 1. The number of likely N-dealkylation sites (N-methyl/N-ethyl adjacent to an activating group) is 1. The van der Waals surface area contributed by atoms with Gasteiger partial charge in [0.05, 0.1) is 13.1 Å². The number of benzene rings is 1. The first-order valence-electron chi connectivity index (χ1n) is 8.50. The van der Waals surface area contributed by atoms with Gasteiger partial charge >= 0.3 is 0 Å². The van der Waals surface area contributed by atoms with Gasteiger partial charge < -0.3 is 15.0 Å². The number of hydrogen-bond acceptors (Lipinski definition) is 3. The second-order valence-electron chi connectivity index (χ2n) is 6.63. The largest absolute Gasteiger partial charge is 0.492 e. The highest BCUT2D eigenvalue weighted by Gasteiger charge is 2.18. The van der Waals surface area contributed by atoms with Crippen LogP contribution in [-0.2, 0) is 10.8 Å². The molecule has 1 N–H and O–H groups in total. The van der Waals surface area contributed by atoms with Gasteiger partial charge in [-0.15, -0.1) is 0 Å². The first-order chi connectivity index (χ1) is 11.7. The molecule has 0 aliphatic rings. The molecule has 0 saturated heterocycles. The van der Waals surface area contributed by atoms with E-state index in [0.29, 0.717) is 30.5 Å². The number of nitrogens with zero attached hydrogens (tertiary/aromatic N) is 2. The Hall–Kier alpha value is -1.27. The van der Waals surface area contributed by atoms with Crippen LogP contribution in [0.5, 0.6) is 5.75 Å². The lowest BCUT2D eigenvalue weighted by atomic mass is 10.3. The van der Waals surface area contributed by atoms with Crippen LogP contribution in [0.15, 0.2) is 29.3 Å². The molecule has 0 saturated carbocycles. The van der Waals surface area contributed by atoms with Crippen LogP contribution in [0.1, 0.15) is 27.7 Å². The molecule has 0 bridgehead atoms. The minimum atomic E-state index is -0.894. The SMILES string of the molecule is CCNC(=NCCS(=O)C(C)(C)C)N(C)CCOc1cccc(Cl)c1. The second-order valence-corrected chi connectivity index (χ2v) is 9.39. The Morgan fingerprint density at radius 1 is 1.40 bits per heavy atom. The monoisotopic (exact) mass is 387 g/mol. The zero-order valence-electron chi connectivity index (χ0n) is 15.8. The van der Waals surface area contributed by atoms with E-state index >= 15 is 0 Å². The lowest BCUT2D eigenvalue weighted by Crippen LogP contribution is -2.41. The molecule has 0 aliphatic heterocycles. The first-order valence-corrected chi connectivity index (χ1v) is 10.2. The van der Waals surface area contributed by atoms with Crippen molar-refractivity contribution in [3.8, 4) is 5.75 Å². The minimum absolute atomic E-state index is 0.204. The fraction of sp³-hybridized carbons (Fsp3) is 0.611. The van der Waals surface area contributed by atoms with Crippen LogP contribution >= 0.6 is 11.6 Å². The second kappa shape index (κ2) is 10.7. The van der Waals surface area contributed by atoms with Gasteiger partial charge in [-0.1, -0.05) is 17.7 Å². The van der Waals surface area contributed by atoms with Gasteiger partial charge in [0.25, 0.3) is 0 Å². The number of ether oxygens (including phenoxy) is 1. The first kappa shape index (κ1) is 21.8. The maximum Gasteiger partial charge on any atom is 0.193 e. The topological polar surface area (TPSA) is 53.9 Å². The van der Waals surface area contributed by atoms with E-state index in [0.717, 1.165) is 18.3 Å². The van der Waals surface area contributed by atoms with E-state index < -0.39 is 10.8 Å². The van der Waals surface area contributed by atoms with E-state index in [2.05, 4.69) is 10.3 Å². The molecule has 1 aromatic carbocycles. The average Bonchev–Trinajstić information content (AvgIpc) is 2.53. The third-order valence-corrected chi connectivity index (χ3v) is 5.56. The summed E-state index contributed by atoms with van der Waals surface area (Å²) in [6.45, 7) is 10.5. The fourth-order valence-corrected chi connectivity index (χ4v) is 3.02. The van der Waals surface area contributed by atoms with Gasteiger partial charge in [-0.2, -0.15) is 0 Å². The molecule has 0 aromatic heterocycles. The normalized spacial score (nSPS) is 13.4. The zero-order valence-corrected chi connectivity index (χ0v) is 17.4. The van der Waals surface area contributed by atoms with Crippen molar-refractivity contribution >= 4 is 28.4 Å². The van der Waals surface area contributed by atoms with E-state index in [1.54, 1.807) is 6.07 Å². The van der Waals surface area contributed by atoms with Gasteiger partial charge in [0.2, 0.25) is 0 Å². The third-order valence-electron chi connectivity index (χ3n) is 3.41. The third kappa shape index (κ3) is 8.59. The molecule has 1 atom stereocenters. The van der Waals surface area contributed by atoms with Crippen molar-refractivity contribution in [1.82, 2.24) is 10.2 Å². The van der Waals surface area contributed by atoms with Crippen molar-refractivity contribution in [3.05, 3.63) is 29.3 Å². The van der Waals surface area contributed by atoms with Gasteiger partial charge in [0.15, 0.2) is 5.96 Å². The van der Waals surface area contributed by atoms with Crippen LogP contribution in [0.3, 0.4) is 0 Å². The Labute approximate surface area is 159 Å². The number of guanidine groups is 1. The van der Waals surface area contributed by atoms with Crippen LogP contribution < -0.4 is 10.1 Å². The summed E-state index contributed by atoms with van der Waals surface area (Å²) in [7, 11) is 1.07. The van der Waals surface area contributed by atoms with Gasteiger partial charge in [0, 0.05) is 39.9 Å². The van der Waals surface area contributed by atoms with E-state index in [4.69, 9.17) is 16.3 Å². The predicted molar refractivity (Wildman–Crippen MR) is 108 cm³/mol. The van der Waals surface area contributed by atoms with Crippen LogP contribution in [0.2, 0.25) is 5.02 Å². The van der Waals surface area contributed by atoms with Gasteiger partial charge in [-0.05, 0) is 45.9 Å². The molecule has 0 aliphatic carbocycles. The van der Waals surface area contributed by atoms with Gasteiger partial charge in [-0.3, -0.25) is 9.20 Å². The molecule has 0 heterocycles. The number of aliphatic imine (C=N–C) groups is 1. The number of rotatable bonds is 8. The quantitative estimate of drug-likeness (QED) is 0.550. The summed E-state index contributed by atoms with van der Waals surface area (Å²) in [4.78, 5) is 6.58. The van der Waals surface area contributed by atoms with Gasteiger partial charge in [0.1, 0.15) is 12.4 Å². The van der Waals surface area contributed by atoms with E-state index in [-0.39, 0.29) is 4.75 Å². The molecule has 7 heteroatoms. The maximum atomic E-state index is 12.1. The highest BCUT2D eigenvalue weighted by atomic mass is 35.5. The molecule has 0 fully saturated rings. The van der Waals surface area contributed by atoms with Crippen LogP contribution in [-0.4, -0.2) is 58.9 Å².